The molecule has 0 spiro atoms. The van der Waals surface area contributed by atoms with Crippen molar-refractivity contribution in [3.05, 3.63) is 17.9 Å². The van der Waals surface area contributed by atoms with Gasteiger partial charge in [0.05, 0.1) is 12.9 Å². The number of carbonyl (C=O) groups is 2. The van der Waals surface area contributed by atoms with E-state index in [1.165, 1.54) is 24.1 Å². The lowest BCUT2D eigenvalue weighted by atomic mass is 10.0. The SMILES string of the molecule is COC(=O)c1ccc(S(=O)(=O)CC2CN(C(=O)OC(C)(C)C)C2)o1. The Balaban J connectivity index is 1.92. The number of amides is 1. The molecule has 2 heterocycles. The molecular weight excluding hydrogens is 338 g/mol. The zero-order valence-electron chi connectivity index (χ0n) is 14.1. The average molecular weight is 359 g/mol. The van der Waals surface area contributed by atoms with Crippen LogP contribution < -0.4 is 0 Å². The predicted octanol–water partition coefficient (Wildman–Crippen LogP) is 1.71. The number of nitrogens with zero attached hydrogens (tertiary/aromatic N) is 1. The first kappa shape index (κ1) is 18.3. The van der Waals surface area contributed by atoms with Crippen LogP contribution in [0.1, 0.15) is 31.3 Å². The Kier molecular flexibility index (Phi) is 4.93. The Morgan fingerprint density at radius 1 is 1.29 bits per heavy atom. The van der Waals surface area contributed by atoms with Crippen molar-refractivity contribution in [1.29, 1.82) is 0 Å². The minimum atomic E-state index is -3.68. The third kappa shape index (κ3) is 4.28. The number of rotatable bonds is 4. The van der Waals surface area contributed by atoms with Crippen molar-refractivity contribution in [1.82, 2.24) is 4.90 Å². The van der Waals surface area contributed by atoms with E-state index in [4.69, 9.17) is 9.15 Å². The number of hydrogen-bond acceptors (Lipinski definition) is 7. The number of sulfone groups is 1. The van der Waals surface area contributed by atoms with Gasteiger partial charge in [0.15, 0.2) is 0 Å². The van der Waals surface area contributed by atoms with Crippen LogP contribution in [-0.4, -0.2) is 56.9 Å². The molecule has 24 heavy (non-hydrogen) atoms. The Hall–Kier alpha value is -2.03. The van der Waals surface area contributed by atoms with Gasteiger partial charge in [-0.25, -0.2) is 18.0 Å². The third-order valence-corrected chi connectivity index (χ3v) is 5.08. The monoisotopic (exact) mass is 359 g/mol. The molecule has 0 unspecified atom stereocenters. The molecule has 1 aromatic rings. The van der Waals surface area contributed by atoms with E-state index in [0.29, 0.717) is 13.1 Å². The van der Waals surface area contributed by atoms with Crippen molar-refractivity contribution in [2.24, 2.45) is 5.92 Å². The summed E-state index contributed by atoms with van der Waals surface area (Å²) in [5.41, 5.74) is -0.591. The second-order valence-electron chi connectivity index (χ2n) is 6.64. The zero-order valence-corrected chi connectivity index (χ0v) is 14.9. The lowest BCUT2D eigenvalue weighted by molar-refractivity contribution is 0.00187. The maximum absolute atomic E-state index is 12.3. The second kappa shape index (κ2) is 6.46. The molecule has 9 heteroatoms. The summed E-state index contributed by atoms with van der Waals surface area (Å²) in [5.74, 6) is -1.27. The van der Waals surface area contributed by atoms with Crippen LogP contribution in [0, 0.1) is 5.92 Å². The Morgan fingerprint density at radius 2 is 1.92 bits per heavy atom. The van der Waals surface area contributed by atoms with Crippen LogP contribution in [0.3, 0.4) is 0 Å². The molecule has 1 saturated heterocycles. The van der Waals surface area contributed by atoms with E-state index >= 15 is 0 Å². The molecule has 0 saturated carbocycles. The first-order valence-electron chi connectivity index (χ1n) is 7.40. The third-order valence-electron chi connectivity index (χ3n) is 3.34. The van der Waals surface area contributed by atoms with Crippen molar-refractivity contribution >= 4 is 21.9 Å². The molecule has 2 rings (SSSR count). The van der Waals surface area contributed by atoms with E-state index in [9.17, 15) is 18.0 Å². The zero-order chi connectivity index (χ0) is 18.1. The number of likely N-dealkylation sites (tertiary alicyclic amines) is 1. The molecule has 0 aromatic carbocycles. The Labute approximate surface area is 140 Å². The molecule has 0 N–H and O–H groups in total. The summed E-state index contributed by atoms with van der Waals surface area (Å²) in [6, 6.07) is 2.48. The minimum Gasteiger partial charge on any atom is -0.463 e. The van der Waals surface area contributed by atoms with Gasteiger partial charge in [0.25, 0.3) is 0 Å². The predicted molar refractivity (Wildman–Crippen MR) is 83.4 cm³/mol. The normalized spacial score (nSPS) is 15.8. The topological polar surface area (TPSA) is 103 Å². The maximum Gasteiger partial charge on any atom is 0.410 e. The van der Waals surface area contributed by atoms with Crippen molar-refractivity contribution in [2.75, 3.05) is 26.0 Å². The van der Waals surface area contributed by atoms with E-state index in [-0.39, 0.29) is 22.5 Å². The Bertz CT molecular complexity index is 723. The highest BCUT2D eigenvalue weighted by Crippen LogP contribution is 2.24. The van der Waals surface area contributed by atoms with Gasteiger partial charge in [-0.1, -0.05) is 0 Å². The lowest BCUT2D eigenvalue weighted by Gasteiger charge is -2.39. The molecule has 1 aliphatic heterocycles. The fraction of sp³-hybridized carbons (Fsp3) is 0.600. The van der Waals surface area contributed by atoms with E-state index in [2.05, 4.69) is 4.74 Å². The summed E-state index contributed by atoms with van der Waals surface area (Å²) in [6.45, 7) is 5.91. The second-order valence-corrected chi connectivity index (χ2v) is 8.61. The van der Waals surface area contributed by atoms with E-state index in [1.807, 2.05) is 0 Å². The molecule has 134 valence electrons. The van der Waals surface area contributed by atoms with Crippen LogP contribution >= 0.6 is 0 Å². The molecule has 0 bridgehead atoms. The van der Waals surface area contributed by atoms with Crippen LogP contribution in [0.4, 0.5) is 4.79 Å². The summed E-state index contributed by atoms with van der Waals surface area (Å²) in [5, 5.41) is -0.279. The van der Waals surface area contributed by atoms with Crippen molar-refractivity contribution < 1.29 is 31.9 Å². The van der Waals surface area contributed by atoms with Crippen LogP contribution in [0.15, 0.2) is 21.6 Å². The molecule has 0 aliphatic carbocycles. The van der Waals surface area contributed by atoms with Gasteiger partial charge >= 0.3 is 12.1 Å². The highest BCUT2D eigenvalue weighted by molar-refractivity contribution is 7.91. The molecular formula is C15H21NO7S. The van der Waals surface area contributed by atoms with Crippen molar-refractivity contribution in [3.8, 4) is 0 Å². The van der Waals surface area contributed by atoms with E-state index < -0.39 is 27.5 Å². The molecule has 1 fully saturated rings. The number of furan rings is 1. The standard InChI is InChI=1S/C15H21NO7S/c1-15(2,3)23-14(18)16-7-10(8-16)9-24(19,20)12-6-5-11(22-12)13(17)21-4/h5-6,10H,7-9H2,1-4H3. The maximum atomic E-state index is 12.3. The van der Waals surface area contributed by atoms with Crippen molar-refractivity contribution in [2.45, 2.75) is 31.5 Å². The Morgan fingerprint density at radius 3 is 2.46 bits per heavy atom. The lowest BCUT2D eigenvalue weighted by Crippen LogP contribution is -2.53. The summed E-state index contributed by atoms with van der Waals surface area (Å²) >= 11 is 0. The summed E-state index contributed by atoms with van der Waals surface area (Å²) in [4.78, 5) is 24.6. The van der Waals surface area contributed by atoms with Gasteiger partial charge in [-0.2, -0.15) is 0 Å². The quantitative estimate of drug-likeness (QED) is 0.754. The average Bonchev–Trinajstić information content (AvgIpc) is 2.90. The fourth-order valence-corrected chi connectivity index (χ4v) is 3.73. The van der Waals surface area contributed by atoms with E-state index in [0.717, 1.165) is 0 Å². The minimum absolute atomic E-state index is 0.166. The molecule has 8 nitrogen and oxygen atoms in total. The first-order chi connectivity index (χ1) is 11.0. The summed E-state index contributed by atoms with van der Waals surface area (Å²) in [6.07, 6.45) is -0.456. The number of carbonyl (C=O) groups excluding carboxylic acids is 2. The van der Waals surface area contributed by atoms with Crippen molar-refractivity contribution in [3.63, 3.8) is 0 Å². The smallest absolute Gasteiger partial charge is 0.410 e. The summed E-state index contributed by atoms with van der Waals surface area (Å²) < 4.78 is 39.3. The highest BCUT2D eigenvalue weighted by Gasteiger charge is 2.37. The first-order valence-corrected chi connectivity index (χ1v) is 9.06. The molecule has 1 amide bonds. The number of methoxy groups -OCH3 is 1. The number of hydrogen-bond donors (Lipinski definition) is 0. The largest absolute Gasteiger partial charge is 0.463 e. The van der Waals surface area contributed by atoms with Gasteiger partial charge in [0, 0.05) is 19.0 Å². The van der Waals surface area contributed by atoms with Gasteiger partial charge in [0.1, 0.15) is 5.60 Å². The molecule has 1 aromatic heterocycles. The number of ether oxygens (including phenoxy) is 2. The molecule has 0 atom stereocenters. The van der Waals surface area contributed by atoms with Crippen LogP contribution in [0.25, 0.3) is 0 Å². The molecule has 1 aliphatic rings. The van der Waals surface area contributed by atoms with Gasteiger partial charge < -0.3 is 18.8 Å². The van der Waals surface area contributed by atoms with Crippen LogP contribution in [-0.2, 0) is 19.3 Å². The fourth-order valence-electron chi connectivity index (χ4n) is 2.24. The summed E-state index contributed by atoms with van der Waals surface area (Å²) in [7, 11) is -2.50. The number of esters is 1. The van der Waals surface area contributed by atoms with E-state index in [1.54, 1.807) is 20.8 Å². The van der Waals surface area contributed by atoms with Gasteiger partial charge in [-0.05, 0) is 32.9 Å². The molecule has 0 radical (unpaired) electrons. The van der Waals surface area contributed by atoms with Crippen LogP contribution in [0.2, 0.25) is 0 Å². The van der Waals surface area contributed by atoms with Gasteiger partial charge in [0.2, 0.25) is 20.7 Å². The van der Waals surface area contributed by atoms with Gasteiger partial charge in [-0.3, -0.25) is 0 Å². The highest BCUT2D eigenvalue weighted by atomic mass is 32.2. The van der Waals surface area contributed by atoms with Crippen LogP contribution in [0.5, 0.6) is 0 Å². The van der Waals surface area contributed by atoms with Gasteiger partial charge in [-0.15, -0.1) is 0 Å².